The molecule has 128 valence electrons. The van der Waals surface area contributed by atoms with Gasteiger partial charge in [-0.15, -0.1) is 0 Å². The highest BCUT2D eigenvalue weighted by Crippen LogP contribution is 2.25. The standard InChI is InChI=1S/C19H18ClN3O2/c1-25-17-5-2-14(3-6-17)19(24)23-10-8-22(9-11-23)18-7-4-16(20)12-15(18)13-21/h2-7,12H,8-11H2,1H3. The SMILES string of the molecule is COc1ccc(C(=O)N2CCN(c3ccc(Cl)cc3C#N)CC2)cc1. The van der Waals surface area contributed by atoms with E-state index < -0.39 is 0 Å². The monoisotopic (exact) mass is 355 g/mol. The molecule has 1 amide bonds. The van der Waals surface area contributed by atoms with Crippen molar-refractivity contribution in [3.63, 3.8) is 0 Å². The lowest BCUT2D eigenvalue weighted by molar-refractivity contribution is 0.0747. The third-order valence-electron chi connectivity index (χ3n) is 4.32. The Balaban J connectivity index is 1.67. The Morgan fingerprint density at radius 2 is 1.80 bits per heavy atom. The maximum Gasteiger partial charge on any atom is 0.253 e. The van der Waals surface area contributed by atoms with Crippen molar-refractivity contribution in [1.82, 2.24) is 4.90 Å². The summed E-state index contributed by atoms with van der Waals surface area (Å²) in [6, 6.07) is 14.6. The van der Waals surface area contributed by atoms with Gasteiger partial charge in [0.1, 0.15) is 11.8 Å². The van der Waals surface area contributed by atoms with Crippen molar-refractivity contribution in [3.8, 4) is 11.8 Å². The summed E-state index contributed by atoms with van der Waals surface area (Å²) in [6.07, 6.45) is 0. The second-order valence-corrected chi connectivity index (χ2v) is 6.22. The Hall–Kier alpha value is -2.71. The van der Waals surface area contributed by atoms with E-state index in [1.54, 1.807) is 43.5 Å². The quantitative estimate of drug-likeness (QED) is 0.848. The highest BCUT2D eigenvalue weighted by atomic mass is 35.5. The first-order valence-corrected chi connectivity index (χ1v) is 8.38. The van der Waals surface area contributed by atoms with Crippen LogP contribution in [0.5, 0.6) is 5.75 Å². The van der Waals surface area contributed by atoms with Gasteiger partial charge in [-0.1, -0.05) is 11.6 Å². The molecule has 0 spiro atoms. The van der Waals surface area contributed by atoms with Gasteiger partial charge >= 0.3 is 0 Å². The summed E-state index contributed by atoms with van der Waals surface area (Å²) in [5.74, 6) is 0.743. The number of nitrogens with zero attached hydrogens (tertiary/aromatic N) is 3. The molecule has 25 heavy (non-hydrogen) atoms. The molecule has 0 aromatic heterocycles. The van der Waals surface area contributed by atoms with Crippen molar-refractivity contribution >= 4 is 23.2 Å². The number of amides is 1. The van der Waals surface area contributed by atoms with Crippen molar-refractivity contribution in [1.29, 1.82) is 5.26 Å². The lowest BCUT2D eigenvalue weighted by atomic mass is 10.1. The number of rotatable bonds is 3. The van der Waals surface area contributed by atoms with Gasteiger partial charge in [-0.2, -0.15) is 5.26 Å². The number of ether oxygens (including phenoxy) is 1. The van der Waals surface area contributed by atoms with Crippen molar-refractivity contribution in [3.05, 3.63) is 58.6 Å². The Bertz CT molecular complexity index is 806. The number of carbonyl (C=O) groups is 1. The molecule has 1 aliphatic heterocycles. The van der Waals surface area contributed by atoms with Gasteiger partial charge in [0, 0.05) is 36.8 Å². The molecule has 0 unspecified atom stereocenters. The zero-order chi connectivity index (χ0) is 17.8. The largest absolute Gasteiger partial charge is 0.497 e. The Morgan fingerprint density at radius 1 is 1.12 bits per heavy atom. The van der Waals surface area contributed by atoms with Gasteiger partial charge in [-0.25, -0.2) is 0 Å². The molecule has 1 saturated heterocycles. The van der Waals surface area contributed by atoms with E-state index in [-0.39, 0.29) is 5.91 Å². The van der Waals surface area contributed by atoms with E-state index in [4.69, 9.17) is 16.3 Å². The molecule has 0 N–H and O–H groups in total. The number of carbonyl (C=O) groups excluding carboxylic acids is 1. The van der Waals surface area contributed by atoms with Crippen molar-refractivity contribution in [2.45, 2.75) is 0 Å². The third kappa shape index (κ3) is 3.70. The highest BCUT2D eigenvalue weighted by molar-refractivity contribution is 6.30. The van der Waals surface area contributed by atoms with Crippen LogP contribution >= 0.6 is 11.6 Å². The van der Waals surface area contributed by atoms with E-state index in [1.807, 2.05) is 11.0 Å². The summed E-state index contributed by atoms with van der Waals surface area (Å²) in [4.78, 5) is 16.6. The zero-order valence-electron chi connectivity index (χ0n) is 13.9. The second-order valence-electron chi connectivity index (χ2n) is 5.78. The molecule has 0 atom stereocenters. The predicted octanol–water partition coefficient (Wildman–Crippen LogP) is 3.18. The zero-order valence-corrected chi connectivity index (χ0v) is 14.7. The van der Waals surface area contributed by atoms with Gasteiger partial charge in [0.05, 0.1) is 18.4 Å². The molecule has 6 heteroatoms. The van der Waals surface area contributed by atoms with Gasteiger partial charge in [-0.3, -0.25) is 4.79 Å². The highest BCUT2D eigenvalue weighted by Gasteiger charge is 2.23. The minimum absolute atomic E-state index is 0.0129. The number of anilines is 1. The average molecular weight is 356 g/mol. The van der Waals surface area contributed by atoms with Crippen LogP contribution in [0.25, 0.3) is 0 Å². The molecule has 0 saturated carbocycles. The van der Waals surface area contributed by atoms with Gasteiger partial charge < -0.3 is 14.5 Å². The molecule has 5 nitrogen and oxygen atoms in total. The fraction of sp³-hybridized carbons (Fsp3) is 0.263. The van der Waals surface area contributed by atoms with Gasteiger partial charge in [0.15, 0.2) is 0 Å². The van der Waals surface area contributed by atoms with Crippen LogP contribution in [-0.2, 0) is 0 Å². The Morgan fingerprint density at radius 3 is 2.40 bits per heavy atom. The fourth-order valence-electron chi connectivity index (χ4n) is 2.94. The molecule has 0 radical (unpaired) electrons. The number of hydrogen-bond donors (Lipinski definition) is 0. The number of halogens is 1. The summed E-state index contributed by atoms with van der Waals surface area (Å²) < 4.78 is 5.12. The smallest absolute Gasteiger partial charge is 0.253 e. The number of hydrogen-bond acceptors (Lipinski definition) is 4. The summed E-state index contributed by atoms with van der Waals surface area (Å²) in [5, 5.41) is 9.84. The van der Waals surface area contributed by atoms with E-state index in [1.165, 1.54) is 0 Å². The van der Waals surface area contributed by atoms with Crippen molar-refractivity contribution < 1.29 is 9.53 Å². The van der Waals surface area contributed by atoms with Gasteiger partial charge in [0.25, 0.3) is 5.91 Å². The topological polar surface area (TPSA) is 56.6 Å². The molecule has 1 fully saturated rings. The van der Waals surface area contributed by atoms with Crippen LogP contribution in [0.2, 0.25) is 5.02 Å². The first kappa shape index (κ1) is 17.1. The molecule has 2 aromatic carbocycles. The molecular formula is C19H18ClN3O2. The van der Waals surface area contributed by atoms with Gasteiger partial charge in [-0.05, 0) is 42.5 Å². The maximum absolute atomic E-state index is 12.6. The fourth-order valence-corrected chi connectivity index (χ4v) is 3.11. The maximum atomic E-state index is 12.6. The van der Waals surface area contributed by atoms with Crippen LogP contribution in [0.15, 0.2) is 42.5 Å². The molecule has 3 rings (SSSR count). The van der Waals surface area contributed by atoms with Crippen LogP contribution in [0.3, 0.4) is 0 Å². The van der Waals surface area contributed by atoms with E-state index in [9.17, 15) is 10.1 Å². The van der Waals surface area contributed by atoms with E-state index >= 15 is 0 Å². The molecule has 0 aliphatic carbocycles. The first-order valence-electron chi connectivity index (χ1n) is 8.00. The number of methoxy groups -OCH3 is 1. The number of piperazine rings is 1. The molecule has 0 bridgehead atoms. The average Bonchev–Trinajstić information content (AvgIpc) is 2.67. The van der Waals surface area contributed by atoms with E-state index in [0.717, 1.165) is 11.4 Å². The van der Waals surface area contributed by atoms with Crippen LogP contribution in [0.4, 0.5) is 5.69 Å². The minimum Gasteiger partial charge on any atom is -0.497 e. The van der Waals surface area contributed by atoms with Crippen LogP contribution < -0.4 is 9.64 Å². The summed E-state index contributed by atoms with van der Waals surface area (Å²) in [6.45, 7) is 2.58. The third-order valence-corrected chi connectivity index (χ3v) is 4.56. The van der Waals surface area contributed by atoms with Gasteiger partial charge in [0.2, 0.25) is 0 Å². The molecule has 1 aliphatic rings. The second kappa shape index (κ2) is 7.45. The molecular weight excluding hydrogens is 338 g/mol. The first-order chi connectivity index (χ1) is 12.1. The molecule has 2 aromatic rings. The predicted molar refractivity (Wildman–Crippen MR) is 97.3 cm³/mol. The number of benzene rings is 2. The lowest BCUT2D eigenvalue weighted by Crippen LogP contribution is -2.49. The number of nitriles is 1. The Kier molecular flexibility index (Phi) is 5.11. The minimum atomic E-state index is 0.0129. The normalized spacial score (nSPS) is 14.1. The summed E-state index contributed by atoms with van der Waals surface area (Å²) in [7, 11) is 1.60. The van der Waals surface area contributed by atoms with Crippen LogP contribution in [0, 0.1) is 11.3 Å². The van der Waals surface area contributed by atoms with E-state index in [0.29, 0.717) is 42.3 Å². The lowest BCUT2D eigenvalue weighted by Gasteiger charge is -2.36. The summed E-state index contributed by atoms with van der Waals surface area (Å²) >= 11 is 5.96. The van der Waals surface area contributed by atoms with Crippen LogP contribution in [-0.4, -0.2) is 44.1 Å². The van der Waals surface area contributed by atoms with Crippen molar-refractivity contribution in [2.75, 3.05) is 38.2 Å². The Labute approximate surface area is 152 Å². The van der Waals surface area contributed by atoms with Crippen molar-refractivity contribution in [2.24, 2.45) is 0 Å². The summed E-state index contributed by atoms with van der Waals surface area (Å²) in [5.41, 5.74) is 2.07. The van der Waals surface area contributed by atoms with Crippen LogP contribution in [0.1, 0.15) is 15.9 Å². The molecule has 1 heterocycles. The van der Waals surface area contributed by atoms with E-state index in [2.05, 4.69) is 11.0 Å².